The second kappa shape index (κ2) is 6.94. The normalized spacial score (nSPS) is 20.7. The van der Waals surface area contributed by atoms with E-state index in [2.05, 4.69) is 18.1 Å². The van der Waals surface area contributed by atoms with E-state index in [0.717, 1.165) is 56.1 Å². The quantitative estimate of drug-likeness (QED) is 0.736. The van der Waals surface area contributed by atoms with Crippen molar-refractivity contribution in [2.45, 2.75) is 31.3 Å². The minimum absolute atomic E-state index is 0.00776. The van der Waals surface area contributed by atoms with Gasteiger partial charge in [-0.1, -0.05) is 43.0 Å². The number of rotatable bonds is 4. The summed E-state index contributed by atoms with van der Waals surface area (Å²) < 4.78 is 6.41. The lowest BCUT2D eigenvalue weighted by Crippen LogP contribution is -2.50. The summed E-state index contributed by atoms with van der Waals surface area (Å²) in [4.78, 5) is 2.48. The number of likely N-dealkylation sites (tertiary alicyclic amines) is 1. The SMILES string of the molecule is C=C/C=C(\C=C)CN1CCC2(CCc3cc(Cl)ccc3O2)CC1. The molecule has 1 saturated heterocycles. The highest BCUT2D eigenvalue weighted by Crippen LogP contribution is 2.40. The van der Waals surface area contributed by atoms with Gasteiger partial charge in [0.25, 0.3) is 0 Å². The van der Waals surface area contributed by atoms with E-state index < -0.39 is 0 Å². The molecule has 2 heterocycles. The van der Waals surface area contributed by atoms with Crippen LogP contribution in [0.5, 0.6) is 5.75 Å². The van der Waals surface area contributed by atoms with Crippen molar-refractivity contribution in [3.05, 3.63) is 65.7 Å². The molecule has 2 nitrogen and oxygen atoms in total. The van der Waals surface area contributed by atoms with Gasteiger partial charge in [-0.15, -0.1) is 0 Å². The number of fused-ring (bicyclic) bond motifs is 1. The number of nitrogens with zero attached hydrogens (tertiary/aromatic N) is 1. The Labute approximate surface area is 144 Å². The molecule has 0 radical (unpaired) electrons. The first-order valence-corrected chi connectivity index (χ1v) is 8.66. The average Bonchev–Trinajstić information content (AvgIpc) is 2.57. The molecule has 0 atom stereocenters. The Morgan fingerprint density at radius 1 is 1.26 bits per heavy atom. The maximum Gasteiger partial charge on any atom is 0.123 e. The largest absolute Gasteiger partial charge is 0.487 e. The Bertz CT molecular complexity index is 627. The maximum atomic E-state index is 6.41. The summed E-state index contributed by atoms with van der Waals surface area (Å²) in [7, 11) is 0. The van der Waals surface area contributed by atoms with E-state index in [-0.39, 0.29) is 5.60 Å². The summed E-state index contributed by atoms with van der Waals surface area (Å²) in [5.74, 6) is 1.02. The molecule has 0 amide bonds. The molecule has 0 unspecified atom stereocenters. The zero-order chi connectivity index (χ0) is 16.3. The Morgan fingerprint density at radius 2 is 2.04 bits per heavy atom. The maximum absolute atomic E-state index is 6.41. The van der Waals surface area contributed by atoms with Gasteiger partial charge < -0.3 is 4.74 Å². The number of aryl methyl sites for hydroxylation is 1. The minimum Gasteiger partial charge on any atom is -0.487 e. The molecule has 2 aliphatic rings. The Hall–Kier alpha value is -1.51. The first-order valence-electron chi connectivity index (χ1n) is 8.28. The van der Waals surface area contributed by atoms with Crippen LogP contribution in [-0.2, 0) is 6.42 Å². The lowest BCUT2D eigenvalue weighted by molar-refractivity contribution is -0.0122. The number of hydrogen-bond acceptors (Lipinski definition) is 2. The molecule has 23 heavy (non-hydrogen) atoms. The van der Waals surface area contributed by atoms with Crippen LogP contribution in [0.4, 0.5) is 0 Å². The highest BCUT2D eigenvalue weighted by molar-refractivity contribution is 6.30. The van der Waals surface area contributed by atoms with Crippen LogP contribution in [0.3, 0.4) is 0 Å². The first-order chi connectivity index (χ1) is 11.1. The molecule has 3 rings (SSSR count). The molecule has 0 saturated carbocycles. The van der Waals surface area contributed by atoms with Crippen molar-refractivity contribution >= 4 is 11.6 Å². The molecule has 1 aromatic carbocycles. The lowest BCUT2D eigenvalue weighted by atomic mass is 9.83. The van der Waals surface area contributed by atoms with Gasteiger partial charge in [-0.2, -0.15) is 0 Å². The van der Waals surface area contributed by atoms with Crippen molar-refractivity contribution in [3.63, 3.8) is 0 Å². The number of benzene rings is 1. The molecular weight excluding hydrogens is 306 g/mol. The molecular formula is C20H24ClNO. The number of ether oxygens (including phenoxy) is 1. The molecule has 0 N–H and O–H groups in total. The van der Waals surface area contributed by atoms with Crippen molar-refractivity contribution in [1.82, 2.24) is 4.90 Å². The minimum atomic E-state index is 0.00776. The van der Waals surface area contributed by atoms with Gasteiger partial charge in [0.1, 0.15) is 11.4 Å². The molecule has 0 aromatic heterocycles. The molecule has 0 bridgehead atoms. The molecule has 1 aromatic rings. The number of piperidine rings is 1. The summed E-state index contributed by atoms with van der Waals surface area (Å²) in [5.41, 5.74) is 2.47. The van der Waals surface area contributed by atoms with Gasteiger partial charge in [-0.3, -0.25) is 4.90 Å². The molecule has 122 valence electrons. The third-order valence-corrected chi connectivity index (χ3v) is 5.20. The molecule has 1 spiro atoms. The van der Waals surface area contributed by atoms with Crippen LogP contribution < -0.4 is 4.74 Å². The lowest BCUT2D eigenvalue weighted by Gasteiger charge is -2.44. The van der Waals surface area contributed by atoms with Gasteiger partial charge >= 0.3 is 0 Å². The standard InChI is InChI=1S/C20H24ClNO/c1-3-5-16(4-2)15-22-12-10-20(11-13-22)9-8-17-14-18(21)6-7-19(17)23-20/h3-7,14H,1-2,8-13,15H2/b16-5+. The molecule has 1 fully saturated rings. The predicted octanol–water partition coefficient (Wildman–Crippen LogP) is 4.80. The summed E-state index contributed by atoms with van der Waals surface area (Å²) >= 11 is 6.08. The Morgan fingerprint density at radius 3 is 2.74 bits per heavy atom. The van der Waals surface area contributed by atoms with Gasteiger partial charge in [0.15, 0.2) is 0 Å². The Kier molecular flexibility index (Phi) is 4.93. The molecule has 2 aliphatic heterocycles. The predicted molar refractivity (Wildman–Crippen MR) is 97.3 cm³/mol. The van der Waals surface area contributed by atoms with Crippen LogP contribution in [-0.4, -0.2) is 30.1 Å². The molecule has 0 aliphatic carbocycles. The molecule has 3 heteroatoms. The highest BCUT2D eigenvalue weighted by Gasteiger charge is 2.39. The smallest absolute Gasteiger partial charge is 0.123 e. The van der Waals surface area contributed by atoms with Crippen molar-refractivity contribution in [1.29, 1.82) is 0 Å². The summed E-state index contributed by atoms with van der Waals surface area (Å²) in [6.07, 6.45) is 10.1. The zero-order valence-corrected chi connectivity index (χ0v) is 14.3. The van der Waals surface area contributed by atoms with E-state index in [4.69, 9.17) is 16.3 Å². The van der Waals surface area contributed by atoms with Gasteiger partial charge in [0.05, 0.1) is 0 Å². The number of allylic oxidation sites excluding steroid dienone is 2. The van der Waals surface area contributed by atoms with Crippen LogP contribution in [0, 0.1) is 0 Å². The summed E-state index contributed by atoms with van der Waals surface area (Å²) in [5, 5.41) is 0.795. The van der Waals surface area contributed by atoms with Crippen LogP contribution >= 0.6 is 11.6 Å². The number of hydrogen-bond donors (Lipinski definition) is 0. The van der Waals surface area contributed by atoms with Gasteiger partial charge in [0, 0.05) is 24.7 Å². The third kappa shape index (κ3) is 3.70. The van der Waals surface area contributed by atoms with E-state index in [9.17, 15) is 0 Å². The van der Waals surface area contributed by atoms with Crippen molar-refractivity contribution in [2.75, 3.05) is 19.6 Å². The topological polar surface area (TPSA) is 12.5 Å². The number of halogens is 1. The van der Waals surface area contributed by atoms with E-state index in [1.165, 1.54) is 11.1 Å². The van der Waals surface area contributed by atoms with Crippen LogP contribution in [0.15, 0.2) is 55.2 Å². The van der Waals surface area contributed by atoms with Crippen molar-refractivity contribution in [2.24, 2.45) is 0 Å². The third-order valence-electron chi connectivity index (χ3n) is 4.97. The fourth-order valence-electron chi connectivity index (χ4n) is 3.56. The summed E-state index contributed by atoms with van der Waals surface area (Å²) in [6, 6.07) is 5.98. The van der Waals surface area contributed by atoms with E-state index in [0.29, 0.717) is 0 Å². The zero-order valence-electron chi connectivity index (χ0n) is 13.6. The van der Waals surface area contributed by atoms with Gasteiger partial charge in [-0.25, -0.2) is 0 Å². The van der Waals surface area contributed by atoms with E-state index in [1.807, 2.05) is 36.4 Å². The Balaban J connectivity index is 1.63. The highest BCUT2D eigenvalue weighted by atomic mass is 35.5. The second-order valence-electron chi connectivity index (χ2n) is 6.49. The fraction of sp³-hybridized carbons (Fsp3) is 0.400. The monoisotopic (exact) mass is 329 g/mol. The average molecular weight is 330 g/mol. The fourth-order valence-corrected chi connectivity index (χ4v) is 3.75. The van der Waals surface area contributed by atoms with Crippen LogP contribution in [0.25, 0.3) is 0 Å². The van der Waals surface area contributed by atoms with Crippen molar-refractivity contribution in [3.8, 4) is 5.75 Å². The van der Waals surface area contributed by atoms with Crippen LogP contribution in [0.1, 0.15) is 24.8 Å². The van der Waals surface area contributed by atoms with Crippen molar-refractivity contribution < 1.29 is 4.74 Å². The first kappa shape index (κ1) is 16.4. The van der Waals surface area contributed by atoms with Crippen LogP contribution in [0.2, 0.25) is 5.02 Å². The van der Waals surface area contributed by atoms with Gasteiger partial charge in [-0.05, 0) is 55.0 Å². The second-order valence-corrected chi connectivity index (χ2v) is 6.93. The summed E-state index contributed by atoms with van der Waals surface area (Å²) in [6.45, 7) is 10.7. The van der Waals surface area contributed by atoms with E-state index >= 15 is 0 Å². The van der Waals surface area contributed by atoms with E-state index in [1.54, 1.807) is 0 Å². The van der Waals surface area contributed by atoms with Gasteiger partial charge in [0.2, 0.25) is 0 Å².